The number of Topliss-reactive ketones (excluding diaryl/α,β-unsaturated/α-hetero) is 2. The van der Waals surface area contributed by atoms with Gasteiger partial charge in [-0.1, -0.05) is 55.8 Å². The quantitative estimate of drug-likeness (QED) is 0.645. The number of nitrogens with zero attached hydrogens (tertiary/aromatic N) is 1. The average Bonchev–Trinajstić information content (AvgIpc) is 2.70. The topological polar surface area (TPSA) is 83.6 Å². The highest BCUT2D eigenvalue weighted by atomic mass is 35.5. The first-order valence-electron chi connectivity index (χ1n) is 9.76. The first kappa shape index (κ1) is 22.1. The minimum absolute atomic E-state index is 0.0723. The van der Waals surface area contributed by atoms with E-state index in [0.29, 0.717) is 31.0 Å². The zero-order valence-electron chi connectivity index (χ0n) is 16.8. The number of halogens is 1. The van der Waals surface area contributed by atoms with Gasteiger partial charge in [-0.25, -0.2) is 8.42 Å². The highest BCUT2D eigenvalue weighted by Gasteiger charge is 2.41. The summed E-state index contributed by atoms with van der Waals surface area (Å²) in [6.45, 7) is 4.79. The lowest BCUT2D eigenvalue weighted by Crippen LogP contribution is -2.38. The second-order valence-corrected chi connectivity index (χ2v) is 9.04. The van der Waals surface area contributed by atoms with Gasteiger partial charge in [0, 0.05) is 29.2 Å². The van der Waals surface area contributed by atoms with Crippen LogP contribution in [0.2, 0.25) is 5.02 Å². The predicted octanol–water partition coefficient (Wildman–Crippen LogP) is 4.49. The molecule has 0 fully saturated rings. The summed E-state index contributed by atoms with van der Waals surface area (Å²) in [6, 6.07) is 12.5. The molecule has 3 rings (SSSR count). The van der Waals surface area contributed by atoms with E-state index in [2.05, 4.69) is 4.72 Å². The molecule has 1 aliphatic rings. The smallest absolute Gasteiger partial charge is 0.268 e. The predicted molar refractivity (Wildman–Crippen MR) is 118 cm³/mol. The molecule has 0 heterocycles. The fourth-order valence-electron chi connectivity index (χ4n) is 3.51. The molecule has 0 aliphatic heterocycles. The monoisotopic (exact) mass is 446 g/mol. The van der Waals surface area contributed by atoms with Crippen molar-refractivity contribution in [3.63, 3.8) is 0 Å². The van der Waals surface area contributed by atoms with Gasteiger partial charge < -0.3 is 4.90 Å². The Morgan fingerprint density at radius 2 is 1.50 bits per heavy atom. The highest BCUT2D eigenvalue weighted by Crippen LogP contribution is 2.32. The Morgan fingerprint density at radius 3 is 2.07 bits per heavy atom. The number of hydrogen-bond acceptors (Lipinski definition) is 5. The highest BCUT2D eigenvalue weighted by molar-refractivity contribution is 7.97. The van der Waals surface area contributed by atoms with E-state index >= 15 is 0 Å². The van der Waals surface area contributed by atoms with Gasteiger partial charge in [0.15, 0.2) is 4.91 Å². The standard InChI is InChI=1S/C22H23ClN2O4S/c1-3-12-25(13-4-2)19-20(26)17-10-5-6-11-18(17)21(27)22(19)30(28,29)24-16-9-7-8-15(23)14-16/h5-11,14,24H,3-4,12-13H2,1-2H3. The number of allylic oxidation sites excluding steroid dienone is 2. The van der Waals surface area contributed by atoms with E-state index in [0.717, 1.165) is 0 Å². The van der Waals surface area contributed by atoms with Crippen LogP contribution in [0.3, 0.4) is 0 Å². The molecule has 0 spiro atoms. The third kappa shape index (κ3) is 4.27. The van der Waals surface area contributed by atoms with Crippen LogP contribution in [0.25, 0.3) is 0 Å². The van der Waals surface area contributed by atoms with Crippen molar-refractivity contribution in [1.29, 1.82) is 0 Å². The Kier molecular flexibility index (Phi) is 6.63. The largest absolute Gasteiger partial charge is 0.367 e. The summed E-state index contributed by atoms with van der Waals surface area (Å²) < 4.78 is 29.1. The van der Waals surface area contributed by atoms with Gasteiger partial charge in [0.05, 0.1) is 5.69 Å². The Labute approximate surface area is 181 Å². The maximum atomic E-state index is 13.4. The Morgan fingerprint density at radius 1 is 0.900 bits per heavy atom. The second kappa shape index (κ2) is 9.02. The minimum atomic E-state index is -4.35. The summed E-state index contributed by atoms with van der Waals surface area (Å²) in [4.78, 5) is 27.8. The molecule has 0 saturated heterocycles. The van der Waals surface area contributed by atoms with E-state index in [-0.39, 0.29) is 22.5 Å². The van der Waals surface area contributed by atoms with Crippen molar-refractivity contribution in [2.45, 2.75) is 26.7 Å². The molecule has 0 saturated carbocycles. The molecule has 6 nitrogen and oxygen atoms in total. The molecule has 0 unspecified atom stereocenters. The van der Waals surface area contributed by atoms with Crippen molar-refractivity contribution in [1.82, 2.24) is 4.90 Å². The number of ketones is 2. The number of benzene rings is 2. The summed E-state index contributed by atoms with van der Waals surface area (Å²) >= 11 is 5.96. The van der Waals surface area contributed by atoms with E-state index in [1.54, 1.807) is 35.2 Å². The summed E-state index contributed by atoms with van der Waals surface area (Å²) in [6.07, 6.45) is 1.39. The van der Waals surface area contributed by atoms with Gasteiger partial charge in [0.2, 0.25) is 11.6 Å². The summed E-state index contributed by atoms with van der Waals surface area (Å²) in [5.41, 5.74) is 0.449. The Balaban J connectivity index is 2.21. The van der Waals surface area contributed by atoms with Crippen LogP contribution in [-0.4, -0.2) is 38.0 Å². The fraction of sp³-hybridized carbons (Fsp3) is 0.273. The number of carbonyl (C=O) groups is 2. The number of fused-ring (bicyclic) bond motifs is 1. The van der Waals surface area contributed by atoms with Crippen LogP contribution in [0, 0.1) is 0 Å². The lowest BCUT2D eigenvalue weighted by Gasteiger charge is -2.31. The molecule has 158 valence electrons. The summed E-state index contributed by atoms with van der Waals surface area (Å²) in [5, 5.41) is 0.347. The Hall–Kier alpha value is -2.64. The van der Waals surface area contributed by atoms with Crippen LogP contribution >= 0.6 is 11.6 Å². The van der Waals surface area contributed by atoms with Crippen molar-refractivity contribution >= 4 is 38.9 Å². The molecule has 8 heteroatoms. The van der Waals surface area contributed by atoms with Crippen LogP contribution in [0.15, 0.2) is 59.1 Å². The van der Waals surface area contributed by atoms with E-state index in [1.165, 1.54) is 18.2 Å². The zero-order valence-corrected chi connectivity index (χ0v) is 18.4. The molecular weight excluding hydrogens is 424 g/mol. The molecule has 2 aromatic rings. The molecule has 0 aromatic heterocycles. The van der Waals surface area contributed by atoms with E-state index in [4.69, 9.17) is 11.6 Å². The van der Waals surface area contributed by atoms with Crippen molar-refractivity contribution in [2.75, 3.05) is 17.8 Å². The van der Waals surface area contributed by atoms with Gasteiger partial charge in [0.1, 0.15) is 5.70 Å². The average molecular weight is 447 g/mol. The minimum Gasteiger partial charge on any atom is -0.367 e. The number of nitrogens with one attached hydrogen (secondary N) is 1. The van der Waals surface area contributed by atoms with E-state index < -0.39 is 26.5 Å². The number of carbonyl (C=O) groups excluding carboxylic acids is 2. The van der Waals surface area contributed by atoms with Gasteiger partial charge in [0.25, 0.3) is 10.0 Å². The molecule has 1 N–H and O–H groups in total. The molecule has 1 aliphatic carbocycles. The number of hydrogen-bond donors (Lipinski definition) is 1. The Bertz CT molecular complexity index is 1120. The van der Waals surface area contributed by atoms with Crippen LogP contribution < -0.4 is 4.72 Å². The molecule has 0 atom stereocenters. The van der Waals surface area contributed by atoms with Crippen LogP contribution in [0.1, 0.15) is 47.4 Å². The van der Waals surface area contributed by atoms with Crippen molar-refractivity contribution in [3.8, 4) is 0 Å². The zero-order chi connectivity index (χ0) is 21.9. The number of anilines is 1. The molecule has 0 bridgehead atoms. The summed E-state index contributed by atoms with van der Waals surface area (Å²) in [5.74, 6) is -1.15. The lowest BCUT2D eigenvalue weighted by atomic mass is 9.91. The van der Waals surface area contributed by atoms with Gasteiger partial charge >= 0.3 is 0 Å². The molecular formula is C22H23ClN2O4S. The van der Waals surface area contributed by atoms with E-state index in [1.807, 2.05) is 13.8 Å². The summed E-state index contributed by atoms with van der Waals surface area (Å²) in [7, 11) is -4.35. The lowest BCUT2D eigenvalue weighted by molar-refractivity contribution is 0.0946. The molecule has 30 heavy (non-hydrogen) atoms. The SMILES string of the molecule is CCCN(CCC)C1=C(S(=O)(=O)Nc2cccc(Cl)c2)C(=O)c2ccccc2C1=O. The molecule has 0 amide bonds. The first-order valence-corrected chi connectivity index (χ1v) is 11.6. The second-order valence-electron chi connectivity index (χ2n) is 6.98. The van der Waals surface area contributed by atoms with Gasteiger partial charge in [-0.3, -0.25) is 14.3 Å². The molecule has 2 aromatic carbocycles. The maximum Gasteiger partial charge on any atom is 0.268 e. The number of rotatable bonds is 8. The molecule has 0 radical (unpaired) electrons. The van der Waals surface area contributed by atoms with Crippen LogP contribution in [0.4, 0.5) is 5.69 Å². The third-order valence-electron chi connectivity index (χ3n) is 4.70. The third-order valence-corrected chi connectivity index (χ3v) is 6.36. The van der Waals surface area contributed by atoms with Gasteiger partial charge in [-0.2, -0.15) is 0 Å². The maximum absolute atomic E-state index is 13.4. The van der Waals surface area contributed by atoms with Crippen molar-refractivity contribution in [3.05, 3.63) is 75.3 Å². The van der Waals surface area contributed by atoms with Crippen molar-refractivity contribution < 1.29 is 18.0 Å². The fourth-order valence-corrected chi connectivity index (χ4v) is 5.07. The van der Waals surface area contributed by atoms with Crippen LogP contribution in [-0.2, 0) is 10.0 Å². The van der Waals surface area contributed by atoms with Crippen molar-refractivity contribution in [2.24, 2.45) is 0 Å². The van der Waals surface area contributed by atoms with Gasteiger partial charge in [-0.15, -0.1) is 0 Å². The van der Waals surface area contributed by atoms with E-state index in [9.17, 15) is 18.0 Å². The van der Waals surface area contributed by atoms with Gasteiger partial charge in [-0.05, 0) is 31.0 Å². The number of sulfonamides is 1. The van der Waals surface area contributed by atoms with Crippen LogP contribution in [0.5, 0.6) is 0 Å². The first-order chi connectivity index (χ1) is 14.3. The normalized spacial score (nSPS) is 14.0.